The Morgan fingerprint density at radius 2 is 2.16 bits per heavy atom. The van der Waals surface area contributed by atoms with Gasteiger partial charge in [0.2, 0.25) is 0 Å². The molecule has 1 amide bonds. The van der Waals surface area contributed by atoms with Gasteiger partial charge in [0.1, 0.15) is 23.2 Å². The fourth-order valence-electron chi connectivity index (χ4n) is 3.59. The number of hydrogen-bond donors (Lipinski definition) is 1. The maximum Gasteiger partial charge on any atom is 0.256 e. The van der Waals surface area contributed by atoms with E-state index in [-0.39, 0.29) is 5.91 Å². The smallest absolute Gasteiger partial charge is 0.256 e. The Bertz CT molecular complexity index is 934. The number of hydrogen-bond acceptors (Lipinski definition) is 3. The van der Waals surface area contributed by atoms with Crippen LogP contribution in [0.1, 0.15) is 46.6 Å². The van der Waals surface area contributed by atoms with Gasteiger partial charge in [-0.25, -0.2) is 0 Å². The molecule has 1 aliphatic carbocycles. The summed E-state index contributed by atoms with van der Waals surface area (Å²) >= 11 is 5.83. The Kier molecular flexibility index (Phi) is 4.10. The third-order valence-corrected chi connectivity index (χ3v) is 5.02. The van der Waals surface area contributed by atoms with Gasteiger partial charge in [-0.05, 0) is 49.5 Å². The molecule has 0 atom stereocenters. The number of benzene rings is 1. The molecule has 0 saturated heterocycles. The van der Waals surface area contributed by atoms with E-state index in [4.69, 9.17) is 16.0 Å². The lowest BCUT2D eigenvalue weighted by atomic mass is 9.94. The largest absolute Gasteiger partial charge is 0.460 e. The summed E-state index contributed by atoms with van der Waals surface area (Å²) in [7, 11) is 0. The summed E-state index contributed by atoms with van der Waals surface area (Å²) in [6.07, 6.45) is 6.33. The molecule has 2 aliphatic rings. The SMILES string of the molecule is N#Cc1c(C=C2C(=O)Nc3ccc(CCCl)cc32)oc2c1CCCC2. The zero-order valence-corrected chi connectivity index (χ0v) is 14.4. The number of amides is 1. The second kappa shape index (κ2) is 6.42. The molecule has 5 heteroatoms. The van der Waals surface area contributed by atoms with Gasteiger partial charge in [0.15, 0.2) is 0 Å². The summed E-state index contributed by atoms with van der Waals surface area (Å²) in [5, 5.41) is 12.4. The Hall–Kier alpha value is -2.51. The summed E-state index contributed by atoms with van der Waals surface area (Å²) in [5.41, 5.74) is 4.81. The summed E-state index contributed by atoms with van der Waals surface area (Å²) < 4.78 is 5.93. The first-order valence-corrected chi connectivity index (χ1v) is 9.01. The fraction of sp³-hybridized carbons (Fsp3) is 0.300. The van der Waals surface area contributed by atoms with Crippen molar-refractivity contribution >= 4 is 34.8 Å². The number of carbonyl (C=O) groups excluding carboxylic acids is 1. The Balaban J connectivity index is 1.81. The van der Waals surface area contributed by atoms with E-state index in [1.807, 2.05) is 18.2 Å². The second-order valence-corrected chi connectivity index (χ2v) is 6.77. The number of rotatable bonds is 3. The lowest BCUT2D eigenvalue weighted by Gasteiger charge is -2.07. The highest BCUT2D eigenvalue weighted by atomic mass is 35.5. The molecule has 1 aromatic heterocycles. The minimum Gasteiger partial charge on any atom is -0.460 e. The van der Waals surface area contributed by atoms with E-state index in [0.29, 0.717) is 22.8 Å². The predicted octanol–water partition coefficient (Wildman–Crippen LogP) is 4.30. The highest BCUT2D eigenvalue weighted by Gasteiger charge is 2.27. The van der Waals surface area contributed by atoms with Crippen LogP contribution in [0.25, 0.3) is 11.6 Å². The first kappa shape index (κ1) is 16.0. The van der Waals surface area contributed by atoms with Crippen molar-refractivity contribution in [3.8, 4) is 6.07 Å². The van der Waals surface area contributed by atoms with Crippen LogP contribution in [-0.2, 0) is 24.1 Å². The summed E-state index contributed by atoms with van der Waals surface area (Å²) in [6, 6.07) is 8.11. The highest BCUT2D eigenvalue weighted by molar-refractivity contribution is 6.34. The van der Waals surface area contributed by atoms with Crippen LogP contribution in [0.5, 0.6) is 0 Å². The van der Waals surface area contributed by atoms with Crippen LogP contribution in [-0.4, -0.2) is 11.8 Å². The van der Waals surface area contributed by atoms with Gasteiger partial charge in [-0.2, -0.15) is 5.26 Å². The third kappa shape index (κ3) is 2.75. The number of fused-ring (bicyclic) bond motifs is 2. The number of halogens is 1. The average Bonchev–Trinajstić information content (AvgIpc) is 3.13. The maximum atomic E-state index is 12.4. The predicted molar refractivity (Wildman–Crippen MR) is 97.4 cm³/mol. The van der Waals surface area contributed by atoms with Crippen molar-refractivity contribution in [2.45, 2.75) is 32.1 Å². The summed E-state index contributed by atoms with van der Waals surface area (Å²) in [5.74, 6) is 1.75. The molecule has 4 nitrogen and oxygen atoms in total. The van der Waals surface area contributed by atoms with Gasteiger partial charge in [0.05, 0.1) is 5.57 Å². The molecule has 4 rings (SSSR count). The van der Waals surface area contributed by atoms with Gasteiger partial charge in [-0.3, -0.25) is 4.79 Å². The minimum atomic E-state index is -0.170. The molecule has 2 heterocycles. The number of nitriles is 1. The molecule has 25 heavy (non-hydrogen) atoms. The van der Waals surface area contributed by atoms with Gasteiger partial charge < -0.3 is 9.73 Å². The molecular formula is C20H17ClN2O2. The molecule has 0 spiro atoms. The van der Waals surface area contributed by atoms with Gasteiger partial charge in [0, 0.05) is 29.1 Å². The fourth-order valence-corrected chi connectivity index (χ4v) is 3.80. The summed E-state index contributed by atoms with van der Waals surface area (Å²) in [4.78, 5) is 12.4. The zero-order chi connectivity index (χ0) is 17.4. The van der Waals surface area contributed by atoms with Crippen molar-refractivity contribution < 1.29 is 9.21 Å². The normalized spacial score (nSPS) is 17.1. The molecule has 0 fully saturated rings. The van der Waals surface area contributed by atoms with Crippen molar-refractivity contribution in [1.29, 1.82) is 5.26 Å². The topological polar surface area (TPSA) is 66.0 Å². The standard InChI is InChI=1S/C20H17ClN2O2/c21-8-7-12-5-6-17-14(9-12)15(20(24)23-17)10-19-16(11-22)13-3-1-2-4-18(13)25-19/h5-6,9-10H,1-4,7-8H2,(H,23,24). The number of carbonyl (C=O) groups is 1. The molecular weight excluding hydrogens is 336 g/mol. The lowest BCUT2D eigenvalue weighted by Crippen LogP contribution is -2.03. The monoisotopic (exact) mass is 352 g/mol. The van der Waals surface area contributed by atoms with Gasteiger partial charge in [-0.15, -0.1) is 11.6 Å². The van der Waals surface area contributed by atoms with Crippen LogP contribution in [0.15, 0.2) is 22.6 Å². The molecule has 0 radical (unpaired) electrons. The minimum absolute atomic E-state index is 0.170. The maximum absolute atomic E-state index is 12.4. The van der Waals surface area contributed by atoms with E-state index in [0.717, 1.165) is 60.2 Å². The van der Waals surface area contributed by atoms with Crippen LogP contribution < -0.4 is 5.32 Å². The van der Waals surface area contributed by atoms with Crippen LogP contribution >= 0.6 is 11.6 Å². The van der Waals surface area contributed by atoms with Gasteiger partial charge in [0.25, 0.3) is 5.91 Å². The van der Waals surface area contributed by atoms with E-state index in [1.165, 1.54) is 0 Å². The van der Waals surface area contributed by atoms with Crippen LogP contribution in [0.4, 0.5) is 5.69 Å². The van der Waals surface area contributed by atoms with Crippen molar-refractivity contribution in [3.63, 3.8) is 0 Å². The van der Waals surface area contributed by atoms with Crippen molar-refractivity contribution in [1.82, 2.24) is 0 Å². The molecule has 0 saturated carbocycles. The molecule has 2 aromatic rings. The molecule has 0 bridgehead atoms. The van der Waals surface area contributed by atoms with Crippen LogP contribution in [0.2, 0.25) is 0 Å². The number of anilines is 1. The Labute approximate surface area is 151 Å². The van der Waals surface area contributed by atoms with E-state index < -0.39 is 0 Å². The van der Waals surface area contributed by atoms with Gasteiger partial charge in [-0.1, -0.05) is 6.07 Å². The van der Waals surface area contributed by atoms with E-state index in [2.05, 4.69) is 11.4 Å². The van der Waals surface area contributed by atoms with Crippen LogP contribution in [0.3, 0.4) is 0 Å². The number of alkyl halides is 1. The van der Waals surface area contributed by atoms with E-state index in [9.17, 15) is 10.1 Å². The van der Waals surface area contributed by atoms with Crippen molar-refractivity contribution in [2.75, 3.05) is 11.2 Å². The molecule has 126 valence electrons. The quantitative estimate of drug-likeness (QED) is 0.661. The van der Waals surface area contributed by atoms with E-state index >= 15 is 0 Å². The Morgan fingerprint density at radius 1 is 1.32 bits per heavy atom. The van der Waals surface area contributed by atoms with Crippen molar-refractivity contribution in [2.24, 2.45) is 0 Å². The Morgan fingerprint density at radius 3 is 2.96 bits per heavy atom. The van der Waals surface area contributed by atoms with Crippen LogP contribution in [0, 0.1) is 11.3 Å². The molecule has 1 aromatic carbocycles. The highest BCUT2D eigenvalue weighted by Crippen LogP contribution is 2.36. The lowest BCUT2D eigenvalue weighted by molar-refractivity contribution is -0.110. The molecule has 1 N–H and O–H groups in total. The number of furan rings is 1. The average molecular weight is 353 g/mol. The van der Waals surface area contributed by atoms with E-state index in [1.54, 1.807) is 6.08 Å². The molecule has 1 aliphatic heterocycles. The second-order valence-electron chi connectivity index (χ2n) is 6.39. The number of aryl methyl sites for hydroxylation is 2. The number of nitrogens with one attached hydrogen (secondary N) is 1. The third-order valence-electron chi connectivity index (χ3n) is 4.84. The zero-order valence-electron chi connectivity index (χ0n) is 13.7. The first-order valence-electron chi connectivity index (χ1n) is 8.48. The number of nitrogens with zero attached hydrogens (tertiary/aromatic N) is 1. The van der Waals surface area contributed by atoms with Gasteiger partial charge >= 0.3 is 0 Å². The first-order chi connectivity index (χ1) is 12.2. The summed E-state index contributed by atoms with van der Waals surface area (Å²) in [6.45, 7) is 0. The van der Waals surface area contributed by atoms with Crippen molar-refractivity contribution in [3.05, 3.63) is 52.0 Å². The molecule has 0 unspecified atom stereocenters.